The van der Waals surface area contributed by atoms with Crippen LogP contribution in [0, 0.1) is 17.8 Å². The number of amides is 1. The lowest BCUT2D eigenvalue weighted by molar-refractivity contribution is -0.0451. The van der Waals surface area contributed by atoms with Gasteiger partial charge in [-0.2, -0.15) is 0 Å². The zero-order chi connectivity index (χ0) is 33.2. The number of aliphatic hydroxyl groups is 1. The van der Waals surface area contributed by atoms with Crippen molar-refractivity contribution < 1.29 is 23.1 Å². The molecule has 2 aliphatic heterocycles. The number of hydrogen-bond donors (Lipinski definition) is 2. The van der Waals surface area contributed by atoms with Crippen molar-refractivity contribution in [3.63, 3.8) is 0 Å². The third-order valence-electron chi connectivity index (χ3n) is 10.4. The van der Waals surface area contributed by atoms with E-state index in [0.717, 1.165) is 54.6 Å². The van der Waals surface area contributed by atoms with Crippen LogP contribution in [0.1, 0.15) is 73.1 Å². The smallest absolute Gasteiger partial charge is 0.264 e. The van der Waals surface area contributed by atoms with Crippen molar-refractivity contribution in [2.75, 3.05) is 18.0 Å². The quantitative estimate of drug-likeness (QED) is 0.298. The molecule has 3 aromatic rings. The number of sulfonamides is 1. The average molecular weight is 678 g/mol. The number of nitrogens with one attached hydrogen (secondary N) is 1. The monoisotopic (exact) mass is 677 g/mol. The van der Waals surface area contributed by atoms with Gasteiger partial charge in [0.25, 0.3) is 5.91 Å². The van der Waals surface area contributed by atoms with Gasteiger partial charge in [0.1, 0.15) is 12.4 Å². The van der Waals surface area contributed by atoms with Gasteiger partial charge in [0, 0.05) is 42.0 Å². The van der Waals surface area contributed by atoms with E-state index >= 15 is 0 Å². The predicted molar refractivity (Wildman–Crippen MR) is 185 cm³/mol. The Labute approximate surface area is 283 Å². The first kappa shape index (κ1) is 33.5. The highest BCUT2D eigenvalue weighted by molar-refractivity contribution is 7.90. The van der Waals surface area contributed by atoms with Crippen molar-refractivity contribution in [2.24, 2.45) is 17.8 Å². The zero-order valence-corrected chi connectivity index (χ0v) is 28.6. The molecule has 0 saturated heterocycles. The van der Waals surface area contributed by atoms with Crippen LogP contribution in [0.5, 0.6) is 5.75 Å². The van der Waals surface area contributed by atoms with E-state index < -0.39 is 26.8 Å². The van der Waals surface area contributed by atoms with Gasteiger partial charge >= 0.3 is 0 Å². The van der Waals surface area contributed by atoms with Gasteiger partial charge in [-0.1, -0.05) is 42.8 Å². The number of halogens is 1. The van der Waals surface area contributed by atoms with Crippen molar-refractivity contribution in [1.29, 1.82) is 0 Å². The van der Waals surface area contributed by atoms with E-state index in [1.54, 1.807) is 31.3 Å². The van der Waals surface area contributed by atoms with Crippen molar-refractivity contribution >= 4 is 33.2 Å². The van der Waals surface area contributed by atoms with E-state index in [4.69, 9.17) is 16.3 Å². The molecule has 0 spiro atoms. The number of fused-ring (bicyclic) bond motifs is 3. The van der Waals surface area contributed by atoms with E-state index in [2.05, 4.69) is 14.6 Å². The second kappa shape index (κ2) is 14.0. The maximum Gasteiger partial charge on any atom is 0.264 e. The highest BCUT2D eigenvalue weighted by Crippen LogP contribution is 2.46. The Balaban J connectivity index is 1.41. The molecule has 1 fully saturated rings. The maximum absolute atomic E-state index is 13.5. The van der Waals surface area contributed by atoms with Gasteiger partial charge in [0.15, 0.2) is 0 Å². The lowest BCUT2D eigenvalue weighted by Gasteiger charge is -2.48. The van der Waals surface area contributed by atoms with Crippen LogP contribution in [0.25, 0.3) is 0 Å². The van der Waals surface area contributed by atoms with Gasteiger partial charge in [-0.3, -0.25) is 9.78 Å². The van der Waals surface area contributed by atoms with E-state index in [0.29, 0.717) is 43.3 Å². The molecule has 1 saturated carbocycles. The largest absolute Gasteiger partial charge is 0.487 e. The number of pyridine rings is 1. The Kier molecular flexibility index (Phi) is 9.97. The van der Waals surface area contributed by atoms with Crippen LogP contribution in [0.2, 0.25) is 5.02 Å². The van der Waals surface area contributed by atoms with Crippen LogP contribution in [0.4, 0.5) is 5.69 Å². The molecular formula is C37H44ClN3O5S. The minimum absolute atomic E-state index is 0.0226. The highest BCUT2D eigenvalue weighted by Gasteiger charge is 2.46. The zero-order valence-electron chi connectivity index (χ0n) is 27.1. The van der Waals surface area contributed by atoms with Crippen LogP contribution >= 0.6 is 11.6 Å². The van der Waals surface area contributed by atoms with Gasteiger partial charge in [-0.15, -0.1) is 0 Å². The predicted octanol–water partition coefficient (Wildman–Crippen LogP) is 6.50. The van der Waals surface area contributed by atoms with Gasteiger partial charge in [0.05, 0.1) is 16.5 Å². The van der Waals surface area contributed by atoms with Crippen molar-refractivity contribution in [1.82, 2.24) is 9.71 Å². The molecular weight excluding hydrogens is 634 g/mol. The average Bonchev–Trinajstić information content (AvgIpc) is 3.05. The molecule has 250 valence electrons. The van der Waals surface area contributed by atoms with Crippen LogP contribution in [-0.2, 0) is 29.5 Å². The molecule has 0 radical (unpaired) electrons. The number of hydrogen-bond acceptors (Lipinski definition) is 7. The lowest BCUT2D eigenvalue weighted by Crippen LogP contribution is -2.51. The van der Waals surface area contributed by atoms with Gasteiger partial charge in [-0.25, -0.2) is 13.1 Å². The molecule has 3 heterocycles. The molecule has 2 N–H and O–H groups in total. The second-order valence-corrected chi connectivity index (χ2v) is 16.0. The Morgan fingerprint density at radius 3 is 2.70 bits per heavy atom. The summed E-state index contributed by atoms with van der Waals surface area (Å²) < 4.78 is 35.6. The fraction of sp³-hybridized carbons (Fsp3) is 0.459. The molecule has 5 atom stereocenters. The summed E-state index contributed by atoms with van der Waals surface area (Å²) in [5, 5.41) is 12.2. The molecule has 47 heavy (non-hydrogen) atoms. The van der Waals surface area contributed by atoms with Crippen LogP contribution in [0.15, 0.2) is 72.9 Å². The van der Waals surface area contributed by atoms with E-state index in [1.807, 2.05) is 55.5 Å². The minimum Gasteiger partial charge on any atom is -0.487 e. The van der Waals surface area contributed by atoms with E-state index in [1.165, 1.54) is 0 Å². The van der Waals surface area contributed by atoms with Crippen LogP contribution < -0.4 is 14.4 Å². The van der Waals surface area contributed by atoms with Gasteiger partial charge in [-0.05, 0) is 117 Å². The summed E-state index contributed by atoms with van der Waals surface area (Å²) in [5.74, 6) is -0.172. The van der Waals surface area contributed by atoms with E-state index in [-0.39, 0.29) is 23.3 Å². The van der Waals surface area contributed by atoms with Crippen molar-refractivity contribution in [2.45, 2.75) is 76.3 Å². The Morgan fingerprint density at radius 1 is 1.09 bits per heavy atom. The van der Waals surface area contributed by atoms with Gasteiger partial charge < -0.3 is 14.7 Å². The number of nitrogens with zero attached hydrogens (tertiary/aromatic N) is 2. The molecule has 6 rings (SSSR count). The Bertz CT molecular complexity index is 1730. The summed E-state index contributed by atoms with van der Waals surface area (Å²) in [6, 6.07) is 16.8. The fourth-order valence-electron chi connectivity index (χ4n) is 7.18. The summed E-state index contributed by atoms with van der Waals surface area (Å²) in [6.07, 6.45) is 10.9. The SMILES string of the molecule is C[C@@H]1[C@@H](C)C/C=C/[C@@](O)(Cc2ccccn2)[C@@H]2CC[C@H]2CN2CCCCc3cc(Cl)ccc3COc3ccc(cc32)C(=O)NS1(=O)=O. The Hall–Kier alpha value is -3.40. The Morgan fingerprint density at radius 2 is 1.94 bits per heavy atom. The molecule has 1 aromatic heterocycles. The topological polar surface area (TPSA) is 109 Å². The molecule has 1 amide bonds. The maximum atomic E-state index is 13.5. The minimum atomic E-state index is -3.98. The highest BCUT2D eigenvalue weighted by atomic mass is 35.5. The molecule has 3 aliphatic rings. The number of ether oxygens (including phenoxy) is 1. The molecule has 1 aliphatic carbocycles. The van der Waals surface area contributed by atoms with Crippen LogP contribution in [-0.4, -0.2) is 48.4 Å². The molecule has 2 aromatic carbocycles. The molecule has 10 heteroatoms. The normalized spacial score (nSPS) is 28.7. The number of aryl methyl sites for hydroxylation is 1. The van der Waals surface area contributed by atoms with Crippen molar-refractivity contribution in [3.8, 4) is 5.75 Å². The lowest BCUT2D eigenvalue weighted by atomic mass is 9.63. The second-order valence-electron chi connectivity index (χ2n) is 13.5. The first-order valence-electron chi connectivity index (χ1n) is 16.7. The van der Waals surface area contributed by atoms with Crippen LogP contribution in [0.3, 0.4) is 0 Å². The summed E-state index contributed by atoms with van der Waals surface area (Å²) >= 11 is 6.35. The van der Waals surface area contributed by atoms with Gasteiger partial charge in [0.2, 0.25) is 10.0 Å². The fourth-order valence-corrected chi connectivity index (χ4v) is 8.66. The number of carbonyl (C=O) groups excluding carboxylic acids is 1. The number of rotatable bonds is 2. The summed E-state index contributed by atoms with van der Waals surface area (Å²) in [6.45, 7) is 5.18. The van der Waals surface area contributed by atoms with E-state index in [9.17, 15) is 18.3 Å². The third-order valence-corrected chi connectivity index (χ3v) is 12.5. The molecule has 0 unspecified atom stereocenters. The molecule has 2 bridgehead atoms. The summed E-state index contributed by atoms with van der Waals surface area (Å²) in [4.78, 5) is 20.3. The summed E-state index contributed by atoms with van der Waals surface area (Å²) in [7, 11) is -3.98. The number of anilines is 1. The summed E-state index contributed by atoms with van der Waals surface area (Å²) in [5.41, 5.74) is 2.88. The number of aromatic nitrogens is 1. The standard InChI is InChI=1S/C37H44ClN3O5S/c1-25-8-7-17-37(43,22-32-10-3-5-18-39-32)33-15-12-29(33)23-41-19-6-4-9-27-20-31(38)14-11-30(27)24-46-35-16-13-28(21-34(35)41)36(42)40-47(44,45)26(25)2/h3,5,7,10-11,13-14,16-18,20-21,25-26,29,33,43H,4,6,8-9,12,15,19,22-24H2,1-2H3,(H,40,42)/b17-7+/t25-,26+,29-,33+,37+/m0/s1. The van der Waals surface area contributed by atoms with Crippen molar-refractivity contribution in [3.05, 3.63) is 100 Å². The number of benzene rings is 2. The first-order valence-corrected chi connectivity index (χ1v) is 18.6. The third kappa shape index (κ3) is 7.53. The number of allylic oxidation sites excluding steroid dienone is 1. The number of carbonyl (C=O) groups is 1. The first-order chi connectivity index (χ1) is 22.5. The molecule has 8 nitrogen and oxygen atoms in total.